The van der Waals surface area contributed by atoms with E-state index in [1.807, 2.05) is 18.2 Å². The van der Waals surface area contributed by atoms with E-state index in [1.54, 1.807) is 12.1 Å². The van der Waals surface area contributed by atoms with Crippen molar-refractivity contribution in [3.63, 3.8) is 0 Å². The summed E-state index contributed by atoms with van der Waals surface area (Å²) in [5.41, 5.74) is 0. The van der Waals surface area contributed by atoms with Crippen molar-refractivity contribution in [3.05, 3.63) is 30.3 Å². The lowest BCUT2D eigenvalue weighted by atomic mass is 10.3. The molecule has 0 aromatic heterocycles. The van der Waals surface area contributed by atoms with Crippen LogP contribution in [0.1, 0.15) is 0 Å². The zero-order chi connectivity index (χ0) is 9.68. The second kappa shape index (κ2) is 4.47. The second-order valence-electron chi connectivity index (χ2n) is 2.61. The molecule has 4 heteroatoms. The lowest BCUT2D eigenvalue weighted by Crippen LogP contribution is -2.36. The molecule has 0 atom stereocenters. The van der Waals surface area contributed by atoms with E-state index in [0.29, 0.717) is 5.75 Å². The lowest BCUT2D eigenvalue weighted by Gasteiger charge is -2.10. The normalized spacial score (nSPS) is 9.38. The number of carbonyl (C=O) groups is 1. The minimum absolute atomic E-state index is 0.0307. The molecule has 13 heavy (non-hydrogen) atoms. The summed E-state index contributed by atoms with van der Waals surface area (Å²) in [6.07, 6.45) is 0. The molecule has 1 aromatic rings. The Morgan fingerprint density at radius 3 is 2.62 bits per heavy atom. The Labute approximate surface area is 76.9 Å². The maximum absolute atomic E-state index is 11.0. The van der Waals surface area contributed by atoms with Crippen LogP contribution in [0, 0.1) is 0 Å². The van der Waals surface area contributed by atoms with Crippen molar-refractivity contribution in [2.45, 2.75) is 0 Å². The molecule has 0 fully saturated rings. The van der Waals surface area contributed by atoms with Gasteiger partial charge < -0.3 is 4.74 Å². The highest BCUT2D eigenvalue weighted by atomic mass is 16.5. The van der Waals surface area contributed by atoms with Gasteiger partial charge in [-0.05, 0) is 12.1 Å². The van der Waals surface area contributed by atoms with Crippen LogP contribution in [-0.2, 0) is 4.79 Å². The molecule has 0 bridgehead atoms. The van der Waals surface area contributed by atoms with Gasteiger partial charge in [0.25, 0.3) is 5.91 Å². The standard InChI is InChI=1S/C9H12N2O2/c1-11(10)9(12)7-13-8-5-3-2-4-6-8/h2-6H,7,10H2,1H3. The highest BCUT2D eigenvalue weighted by Crippen LogP contribution is 2.07. The fraction of sp³-hybridized carbons (Fsp3) is 0.222. The van der Waals surface area contributed by atoms with Crippen LogP contribution in [0.3, 0.4) is 0 Å². The third-order valence-corrected chi connectivity index (χ3v) is 1.50. The van der Waals surface area contributed by atoms with Crippen molar-refractivity contribution >= 4 is 5.91 Å². The summed E-state index contributed by atoms with van der Waals surface area (Å²) in [6, 6.07) is 9.12. The summed E-state index contributed by atoms with van der Waals surface area (Å²) < 4.78 is 5.16. The predicted molar refractivity (Wildman–Crippen MR) is 48.9 cm³/mol. The molecule has 0 radical (unpaired) electrons. The maximum atomic E-state index is 11.0. The van der Waals surface area contributed by atoms with Gasteiger partial charge in [-0.25, -0.2) is 5.84 Å². The van der Waals surface area contributed by atoms with Crippen molar-refractivity contribution in [1.29, 1.82) is 0 Å². The van der Waals surface area contributed by atoms with Crippen LogP contribution in [0.15, 0.2) is 30.3 Å². The Bertz CT molecular complexity index is 272. The predicted octanol–water partition coefficient (Wildman–Crippen LogP) is 0.397. The molecule has 70 valence electrons. The van der Waals surface area contributed by atoms with Crippen LogP contribution in [0.5, 0.6) is 5.75 Å². The molecule has 0 saturated carbocycles. The summed E-state index contributed by atoms with van der Waals surface area (Å²) in [4.78, 5) is 11.0. The molecule has 0 heterocycles. The number of hydrogen-bond donors (Lipinski definition) is 1. The number of hydrogen-bond acceptors (Lipinski definition) is 3. The molecule has 4 nitrogen and oxygen atoms in total. The molecule has 0 saturated heterocycles. The molecule has 0 aliphatic heterocycles. The third kappa shape index (κ3) is 3.13. The van der Waals surface area contributed by atoms with Crippen LogP contribution in [0.25, 0.3) is 0 Å². The van der Waals surface area contributed by atoms with Crippen LogP contribution in [0.4, 0.5) is 0 Å². The topological polar surface area (TPSA) is 55.6 Å². The van der Waals surface area contributed by atoms with Gasteiger partial charge in [0.1, 0.15) is 5.75 Å². The van der Waals surface area contributed by atoms with E-state index in [4.69, 9.17) is 10.6 Å². The number of rotatable bonds is 3. The van der Waals surface area contributed by atoms with E-state index in [1.165, 1.54) is 7.05 Å². The van der Waals surface area contributed by atoms with Crippen LogP contribution in [0.2, 0.25) is 0 Å². The van der Waals surface area contributed by atoms with Crippen LogP contribution < -0.4 is 10.6 Å². The molecule has 1 aromatic carbocycles. The largest absolute Gasteiger partial charge is 0.484 e. The van der Waals surface area contributed by atoms with Crippen LogP contribution >= 0.6 is 0 Å². The van der Waals surface area contributed by atoms with Gasteiger partial charge in [-0.15, -0.1) is 0 Å². The lowest BCUT2D eigenvalue weighted by molar-refractivity contribution is -0.132. The molecular formula is C9H12N2O2. The average Bonchev–Trinajstić information content (AvgIpc) is 2.15. The number of para-hydroxylation sites is 1. The Kier molecular flexibility index (Phi) is 3.28. The van der Waals surface area contributed by atoms with E-state index >= 15 is 0 Å². The van der Waals surface area contributed by atoms with E-state index in [9.17, 15) is 4.79 Å². The summed E-state index contributed by atoms with van der Waals surface area (Å²) in [6.45, 7) is -0.0307. The number of hydrazine groups is 1. The highest BCUT2D eigenvalue weighted by molar-refractivity contribution is 5.76. The minimum atomic E-state index is -0.260. The van der Waals surface area contributed by atoms with Gasteiger partial charge in [-0.3, -0.25) is 9.80 Å². The van der Waals surface area contributed by atoms with Crippen molar-refractivity contribution < 1.29 is 9.53 Å². The smallest absolute Gasteiger partial charge is 0.274 e. The van der Waals surface area contributed by atoms with Gasteiger partial charge in [-0.2, -0.15) is 0 Å². The number of nitrogens with zero attached hydrogens (tertiary/aromatic N) is 1. The van der Waals surface area contributed by atoms with Crippen molar-refractivity contribution in [2.75, 3.05) is 13.7 Å². The molecule has 0 unspecified atom stereocenters. The first kappa shape index (κ1) is 9.54. The quantitative estimate of drug-likeness (QED) is 0.416. The number of benzene rings is 1. The van der Waals surface area contributed by atoms with Crippen molar-refractivity contribution in [1.82, 2.24) is 5.01 Å². The maximum Gasteiger partial charge on any atom is 0.274 e. The summed E-state index contributed by atoms with van der Waals surface area (Å²) in [7, 11) is 1.48. The van der Waals surface area contributed by atoms with E-state index in [-0.39, 0.29) is 12.5 Å². The minimum Gasteiger partial charge on any atom is -0.484 e. The summed E-state index contributed by atoms with van der Waals surface area (Å²) >= 11 is 0. The average molecular weight is 180 g/mol. The highest BCUT2D eigenvalue weighted by Gasteiger charge is 2.04. The zero-order valence-corrected chi connectivity index (χ0v) is 7.43. The first-order valence-electron chi connectivity index (χ1n) is 3.89. The fourth-order valence-electron chi connectivity index (χ4n) is 0.764. The van der Waals surface area contributed by atoms with Gasteiger partial charge in [0, 0.05) is 7.05 Å². The first-order chi connectivity index (χ1) is 6.20. The van der Waals surface area contributed by atoms with E-state index < -0.39 is 0 Å². The Morgan fingerprint density at radius 1 is 1.46 bits per heavy atom. The monoisotopic (exact) mass is 180 g/mol. The molecule has 1 amide bonds. The number of amides is 1. The number of ether oxygens (including phenoxy) is 1. The molecule has 0 aliphatic carbocycles. The van der Waals surface area contributed by atoms with E-state index in [0.717, 1.165) is 5.01 Å². The van der Waals surface area contributed by atoms with Gasteiger partial charge in [-0.1, -0.05) is 18.2 Å². The van der Waals surface area contributed by atoms with Gasteiger partial charge in [0.2, 0.25) is 0 Å². The first-order valence-corrected chi connectivity index (χ1v) is 3.89. The molecular weight excluding hydrogens is 168 g/mol. The van der Waals surface area contributed by atoms with Crippen LogP contribution in [-0.4, -0.2) is 24.6 Å². The Morgan fingerprint density at radius 2 is 2.08 bits per heavy atom. The fourth-order valence-corrected chi connectivity index (χ4v) is 0.764. The summed E-state index contributed by atoms with van der Waals surface area (Å²) in [5.74, 6) is 5.61. The number of carbonyl (C=O) groups excluding carboxylic acids is 1. The molecule has 1 rings (SSSR count). The Hall–Kier alpha value is -1.55. The van der Waals surface area contributed by atoms with Crippen molar-refractivity contribution in [2.24, 2.45) is 5.84 Å². The number of likely N-dealkylation sites (N-methyl/N-ethyl adjacent to an activating group) is 1. The molecule has 2 N–H and O–H groups in total. The molecule has 0 aliphatic rings. The molecule has 0 spiro atoms. The SMILES string of the molecule is CN(N)C(=O)COc1ccccc1. The summed E-state index contributed by atoms with van der Waals surface area (Å²) in [5, 5.41) is 1.00. The van der Waals surface area contributed by atoms with Gasteiger partial charge >= 0.3 is 0 Å². The van der Waals surface area contributed by atoms with Gasteiger partial charge in [0.15, 0.2) is 6.61 Å². The van der Waals surface area contributed by atoms with Gasteiger partial charge in [0.05, 0.1) is 0 Å². The van der Waals surface area contributed by atoms with E-state index in [2.05, 4.69) is 0 Å². The second-order valence-corrected chi connectivity index (χ2v) is 2.61. The number of nitrogens with two attached hydrogens (primary N) is 1. The zero-order valence-electron chi connectivity index (χ0n) is 7.43. The van der Waals surface area contributed by atoms with Crippen molar-refractivity contribution in [3.8, 4) is 5.75 Å². The Balaban J connectivity index is 2.40. The third-order valence-electron chi connectivity index (χ3n) is 1.50.